The number of hydrogen-bond donors (Lipinski definition) is 1. The molecule has 0 aromatic heterocycles. The molecule has 2 aliphatic rings. The van der Waals surface area contributed by atoms with Gasteiger partial charge in [-0.25, -0.2) is 0 Å². The van der Waals surface area contributed by atoms with Gasteiger partial charge in [-0.2, -0.15) is 0 Å². The number of carbonyl (C=O) groups excluding carboxylic acids is 1. The SMILES string of the molecule is CCC1CN(C)CCCN1C(=O)CNC1CCCC1. The van der Waals surface area contributed by atoms with Crippen molar-refractivity contribution in [2.45, 2.75) is 57.5 Å². The summed E-state index contributed by atoms with van der Waals surface area (Å²) >= 11 is 0. The van der Waals surface area contributed by atoms with E-state index < -0.39 is 0 Å². The van der Waals surface area contributed by atoms with Crippen molar-refractivity contribution < 1.29 is 4.79 Å². The number of likely N-dealkylation sites (N-methyl/N-ethyl adjacent to an activating group) is 1. The Morgan fingerprint density at radius 3 is 2.63 bits per heavy atom. The molecule has 19 heavy (non-hydrogen) atoms. The molecular weight excluding hydrogens is 238 g/mol. The van der Waals surface area contributed by atoms with Crippen LogP contribution in [0.5, 0.6) is 0 Å². The Kier molecular flexibility index (Phi) is 5.64. The van der Waals surface area contributed by atoms with Crippen molar-refractivity contribution in [2.24, 2.45) is 0 Å². The van der Waals surface area contributed by atoms with Crippen LogP contribution in [-0.2, 0) is 4.79 Å². The zero-order valence-electron chi connectivity index (χ0n) is 12.5. The molecule has 1 saturated heterocycles. The second-order valence-corrected chi connectivity index (χ2v) is 6.13. The van der Waals surface area contributed by atoms with Gasteiger partial charge in [0.1, 0.15) is 0 Å². The van der Waals surface area contributed by atoms with Crippen LogP contribution in [0.1, 0.15) is 45.4 Å². The lowest BCUT2D eigenvalue weighted by molar-refractivity contribution is -0.132. The summed E-state index contributed by atoms with van der Waals surface area (Å²) in [5.74, 6) is 0.300. The molecule has 4 nitrogen and oxygen atoms in total. The summed E-state index contributed by atoms with van der Waals surface area (Å²) < 4.78 is 0. The van der Waals surface area contributed by atoms with Crippen LogP contribution in [0.2, 0.25) is 0 Å². The van der Waals surface area contributed by atoms with Gasteiger partial charge in [0.15, 0.2) is 0 Å². The Balaban J connectivity index is 1.84. The lowest BCUT2D eigenvalue weighted by atomic mass is 10.2. The van der Waals surface area contributed by atoms with E-state index in [0.717, 1.165) is 32.5 Å². The first kappa shape index (κ1) is 14.8. The Morgan fingerprint density at radius 2 is 1.95 bits per heavy atom. The highest BCUT2D eigenvalue weighted by Gasteiger charge is 2.26. The zero-order chi connectivity index (χ0) is 13.7. The van der Waals surface area contributed by atoms with Gasteiger partial charge in [-0.1, -0.05) is 19.8 Å². The smallest absolute Gasteiger partial charge is 0.236 e. The van der Waals surface area contributed by atoms with Crippen molar-refractivity contribution in [3.63, 3.8) is 0 Å². The fourth-order valence-electron chi connectivity index (χ4n) is 3.38. The third-order valence-electron chi connectivity index (χ3n) is 4.59. The van der Waals surface area contributed by atoms with E-state index in [0.29, 0.717) is 24.5 Å². The predicted molar refractivity (Wildman–Crippen MR) is 78.2 cm³/mol. The van der Waals surface area contributed by atoms with Gasteiger partial charge >= 0.3 is 0 Å². The largest absolute Gasteiger partial charge is 0.337 e. The Morgan fingerprint density at radius 1 is 1.21 bits per heavy atom. The molecule has 1 amide bonds. The normalized spacial score (nSPS) is 26.6. The number of nitrogens with zero attached hydrogens (tertiary/aromatic N) is 2. The molecule has 2 rings (SSSR count). The fourth-order valence-corrected chi connectivity index (χ4v) is 3.38. The van der Waals surface area contributed by atoms with Gasteiger partial charge in [0.05, 0.1) is 6.54 Å². The summed E-state index contributed by atoms with van der Waals surface area (Å²) in [5.41, 5.74) is 0. The molecule has 110 valence electrons. The van der Waals surface area contributed by atoms with E-state index in [9.17, 15) is 4.79 Å². The third-order valence-corrected chi connectivity index (χ3v) is 4.59. The second kappa shape index (κ2) is 7.25. The van der Waals surface area contributed by atoms with E-state index in [-0.39, 0.29) is 0 Å². The van der Waals surface area contributed by atoms with Crippen LogP contribution in [0.3, 0.4) is 0 Å². The minimum Gasteiger partial charge on any atom is -0.337 e. The highest BCUT2D eigenvalue weighted by atomic mass is 16.2. The van der Waals surface area contributed by atoms with Gasteiger partial charge in [0.2, 0.25) is 5.91 Å². The topological polar surface area (TPSA) is 35.6 Å². The molecule has 0 aromatic rings. The molecule has 1 heterocycles. The molecule has 1 saturated carbocycles. The monoisotopic (exact) mass is 267 g/mol. The van der Waals surface area contributed by atoms with Crippen molar-refractivity contribution >= 4 is 5.91 Å². The van der Waals surface area contributed by atoms with Crippen molar-refractivity contribution in [3.05, 3.63) is 0 Å². The molecule has 1 aliphatic heterocycles. The second-order valence-electron chi connectivity index (χ2n) is 6.13. The summed E-state index contributed by atoms with van der Waals surface area (Å²) in [6, 6.07) is 0.976. The van der Waals surface area contributed by atoms with Gasteiger partial charge in [0, 0.05) is 25.2 Å². The van der Waals surface area contributed by atoms with Gasteiger partial charge in [0.25, 0.3) is 0 Å². The Hall–Kier alpha value is -0.610. The van der Waals surface area contributed by atoms with E-state index in [4.69, 9.17) is 0 Å². The number of amides is 1. The first-order valence-corrected chi connectivity index (χ1v) is 7.92. The van der Waals surface area contributed by atoms with Crippen LogP contribution in [0.15, 0.2) is 0 Å². The van der Waals surface area contributed by atoms with Crippen molar-refractivity contribution in [2.75, 3.05) is 33.2 Å². The van der Waals surface area contributed by atoms with E-state index >= 15 is 0 Å². The van der Waals surface area contributed by atoms with E-state index in [1.54, 1.807) is 0 Å². The summed E-state index contributed by atoms with van der Waals surface area (Å²) in [7, 11) is 2.16. The van der Waals surface area contributed by atoms with E-state index in [2.05, 4.69) is 29.1 Å². The molecule has 0 spiro atoms. The maximum absolute atomic E-state index is 12.4. The van der Waals surface area contributed by atoms with E-state index in [1.165, 1.54) is 25.7 Å². The van der Waals surface area contributed by atoms with Gasteiger partial charge in [-0.3, -0.25) is 4.79 Å². The first-order valence-electron chi connectivity index (χ1n) is 7.92. The molecule has 1 aliphatic carbocycles. The Bertz CT molecular complexity index is 289. The fraction of sp³-hybridized carbons (Fsp3) is 0.933. The molecule has 1 N–H and O–H groups in total. The number of carbonyl (C=O) groups is 1. The molecule has 1 atom stereocenters. The highest BCUT2D eigenvalue weighted by molar-refractivity contribution is 5.78. The predicted octanol–water partition coefficient (Wildman–Crippen LogP) is 1.46. The summed E-state index contributed by atoms with van der Waals surface area (Å²) in [6.07, 6.45) is 7.28. The van der Waals surface area contributed by atoms with E-state index in [1.807, 2.05) is 0 Å². The van der Waals surface area contributed by atoms with Crippen molar-refractivity contribution in [1.29, 1.82) is 0 Å². The molecule has 0 bridgehead atoms. The van der Waals surface area contributed by atoms with Crippen LogP contribution >= 0.6 is 0 Å². The third kappa shape index (κ3) is 4.18. The zero-order valence-corrected chi connectivity index (χ0v) is 12.5. The lowest BCUT2D eigenvalue weighted by Gasteiger charge is -2.30. The van der Waals surface area contributed by atoms with Crippen LogP contribution < -0.4 is 5.32 Å². The first-order chi connectivity index (χ1) is 9.20. The highest BCUT2D eigenvalue weighted by Crippen LogP contribution is 2.18. The quantitative estimate of drug-likeness (QED) is 0.837. The van der Waals surface area contributed by atoms with Gasteiger partial charge < -0.3 is 15.1 Å². The summed E-state index contributed by atoms with van der Waals surface area (Å²) in [4.78, 5) is 16.9. The van der Waals surface area contributed by atoms with Crippen molar-refractivity contribution in [3.8, 4) is 0 Å². The molecule has 0 aromatic carbocycles. The number of hydrogen-bond acceptors (Lipinski definition) is 3. The van der Waals surface area contributed by atoms with Crippen LogP contribution in [0.4, 0.5) is 0 Å². The number of rotatable bonds is 4. The summed E-state index contributed by atoms with van der Waals surface area (Å²) in [6.45, 7) is 5.77. The number of nitrogens with one attached hydrogen (secondary N) is 1. The van der Waals surface area contributed by atoms with Crippen LogP contribution in [-0.4, -0.2) is 61.0 Å². The maximum Gasteiger partial charge on any atom is 0.236 e. The molecule has 2 fully saturated rings. The molecule has 0 radical (unpaired) electrons. The lowest BCUT2D eigenvalue weighted by Crippen LogP contribution is -2.48. The van der Waals surface area contributed by atoms with Crippen LogP contribution in [0.25, 0.3) is 0 Å². The Labute approximate surface area is 117 Å². The summed E-state index contributed by atoms with van der Waals surface area (Å²) in [5, 5.41) is 3.45. The van der Waals surface area contributed by atoms with Gasteiger partial charge in [-0.05, 0) is 39.3 Å². The van der Waals surface area contributed by atoms with Crippen molar-refractivity contribution in [1.82, 2.24) is 15.1 Å². The standard InChI is InChI=1S/C15H29N3O/c1-3-14-12-17(2)9-6-10-18(14)15(19)11-16-13-7-4-5-8-13/h13-14,16H,3-12H2,1-2H3. The maximum atomic E-state index is 12.4. The minimum absolute atomic E-state index is 0.300. The van der Waals surface area contributed by atoms with Crippen LogP contribution in [0, 0.1) is 0 Å². The molecule has 1 unspecified atom stereocenters. The average molecular weight is 267 g/mol. The molecule has 4 heteroatoms. The average Bonchev–Trinajstić information content (AvgIpc) is 2.85. The minimum atomic E-state index is 0.300. The van der Waals surface area contributed by atoms with Gasteiger partial charge in [-0.15, -0.1) is 0 Å². The molecular formula is C15H29N3O.